The van der Waals surface area contributed by atoms with Crippen LogP contribution in [0.1, 0.15) is 11.1 Å². The molecule has 3 N–H and O–H groups in total. The molecule has 12 heteroatoms. The summed E-state index contributed by atoms with van der Waals surface area (Å²) in [6.07, 6.45) is 5.96. The summed E-state index contributed by atoms with van der Waals surface area (Å²) in [6.45, 7) is 1.87. The average Bonchev–Trinajstić information content (AvgIpc) is 3.51. The molecule has 39 heavy (non-hydrogen) atoms. The lowest BCUT2D eigenvalue weighted by Crippen LogP contribution is -2.21. The molecule has 4 heterocycles. The van der Waals surface area contributed by atoms with Crippen molar-refractivity contribution in [3.05, 3.63) is 83.8 Å². The van der Waals surface area contributed by atoms with Crippen LogP contribution in [-0.2, 0) is 16.6 Å². The Bertz CT molecular complexity index is 2000. The van der Waals surface area contributed by atoms with Crippen molar-refractivity contribution in [1.29, 1.82) is 0 Å². The highest BCUT2D eigenvalue weighted by atomic mass is 32.2. The van der Waals surface area contributed by atoms with Gasteiger partial charge in [0.15, 0.2) is 17.3 Å². The smallest absolute Gasteiger partial charge is 0.209 e. The van der Waals surface area contributed by atoms with Crippen LogP contribution in [0.15, 0.2) is 61.1 Å². The van der Waals surface area contributed by atoms with Crippen molar-refractivity contribution in [2.24, 2.45) is 0 Å². The molecule has 0 fully saturated rings. The van der Waals surface area contributed by atoms with Gasteiger partial charge in [0.05, 0.1) is 11.8 Å². The number of rotatable bonds is 6. The van der Waals surface area contributed by atoms with Gasteiger partial charge in [-0.1, -0.05) is 0 Å². The second kappa shape index (κ2) is 9.33. The summed E-state index contributed by atoms with van der Waals surface area (Å²) in [5, 5.41) is 7.57. The van der Waals surface area contributed by atoms with Gasteiger partial charge >= 0.3 is 0 Å². The average molecular weight is 546 g/mol. The van der Waals surface area contributed by atoms with Crippen LogP contribution in [0.5, 0.6) is 0 Å². The van der Waals surface area contributed by atoms with Crippen LogP contribution in [0.4, 0.5) is 8.78 Å². The molecule has 6 aromatic rings. The van der Waals surface area contributed by atoms with E-state index in [-0.39, 0.29) is 12.1 Å². The minimum absolute atomic E-state index is 0.0590. The summed E-state index contributed by atoms with van der Waals surface area (Å²) in [5.74, 6) is -0.629. The van der Waals surface area contributed by atoms with Gasteiger partial charge in [-0.3, -0.25) is 10.1 Å². The summed E-state index contributed by atoms with van der Waals surface area (Å²) < 4.78 is 55.0. The number of imidazole rings is 1. The van der Waals surface area contributed by atoms with Crippen molar-refractivity contribution >= 4 is 32.1 Å². The molecule has 0 aliphatic heterocycles. The second-order valence-corrected chi connectivity index (χ2v) is 11.1. The Hall–Kier alpha value is -4.55. The molecule has 0 saturated carbocycles. The van der Waals surface area contributed by atoms with Crippen molar-refractivity contribution in [1.82, 2.24) is 34.9 Å². The van der Waals surface area contributed by atoms with E-state index in [1.165, 1.54) is 18.2 Å². The zero-order valence-electron chi connectivity index (χ0n) is 20.8. The van der Waals surface area contributed by atoms with E-state index in [0.29, 0.717) is 50.3 Å². The maximum atomic E-state index is 15.1. The van der Waals surface area contributed by atoms with Crippen molar-refractivity contribution in [3.63, 3.8) is 0 Å². The van der Waals surface area contributed by atoms with Gasteiger partial charge in [0.2, 0.25) is 10.0 Å². The van der Waals surface area contributed by atoms with Crippen LogP contribution in [0.3, 0.4) is 0 Å². The molecule has 0 atom stereocenters. The number of H-pyrrole nitrogens is 2. The molecule has 0 unspecified atom stereocenters. The minimum Gasteiger partial charge on any atom is -0.335 e. The number of halogens is 2. The van der Waals surface area contributed by atoms with Crippen LogP contribution in [0.25, 0.3) is 55.8 Å². The monoisotopic (exact) mass is 545 g/mol. The Balaban J connectivity index is 1.46. The SMILES string of the molecule is Cc1ccncc1-c1cc(F)c2n[nH]c(-c3nc4nccc(-c5cc(F)cc(CNS(C)(=O)=O)c5)c4[nH]3)c2c1. The largest absolute Gasteiger partial charge is 0.335 e. The standard InChI is InChI=1S/C27H21F2N7O2S/c1-14-3-5-30-13-21(14)17-10-20-23(22(29)11-17)35-36-25(20)27-33-24-19(4-6-31-26(24)34-27)16-7-15(8-18(28)9-16)12-32-39(2,37)38/h3-11,13,32H,12H2,1-2H3,(H,35,36)(H,31,33,34). The molecule has 4 aromatic heterocycles. The molecule has 2 aromatic carbocycles. The Kier molecular flexibility index (Phi) is 5.92. The number of aryl methyl sites for hydroxylation is 1. The quantitative estimate of drug-likeness (QED) is 0.274. The topological polar surface area (TPSA) is 129 Å². The third-order valence-corrected chi connectivity index (χ3v) is 7.07. The van der Waals surface area contributed by atoms with Gasteiger partial charge in [0.25, 0.3) is 0 Å². The molecular formula is C27H21F2N7O2S. The number of pyridine rings is 2. The molecule has 6 rings (SSSR count). The summed E-state index contributed by atoms with van der Waals surface area (Å²) in [7, 11) is -3.45. The number of nitrogens with zero attached hydrogens (tertiary/aromatic N) is 4. The molecule has 0 saturated heterocycles. The summed E-state index contributed by atoms with van der Waals surface area (Å²) in [5.41, 5.74) is 5.50. The summed E-state index contributed by atoms with van der Waals surface area (Å²) in [6, 6.07) is 11.1. The highest BCUT2D eigenvalue weighted by molar-refractivity contribution is 7.88. The fraction of sp³-hybridized carbons (Fsp3) is 0.111. The van der Waals surface area contributed by atoms with Gasteiger partial charge in [-0.05, 0) is 71.6 Å². The van der Waals surface area contributed by atoms with Gasteiger partial charge in [-0.2, -0.15) is 5.10 Å². The number of fused-ring (bicyclic) bond motifs is 2. The Morgan fingerprint density at radius 3 is 2.62 bits per heavy atom. The maximum Gasteiger partial charge on any atom is 0.209 e. The second-order valence-electron chi connectivity index (χ2n) is 9.23. The lowest BCUT2D eigenvalue weighted by atomic mass is 10.0. The van der Waals surface area contributed by atoms with Crippen molar-refractivity contribution in [3.8, 4) is 33.8 Å². The Morgan fingerprint density at radius 1 is 1.00 bits per heavy atom. The maximum absolute atomic E-state index is 15.1. The first-order valence-corrected chi connectivity index (χ1v) is 13.7. The first-order chi connectivity index (χ1) is 18.7. The van der Waals surface area contributed by atoms with Gasteiger partial charge in [0.1, 0.15) is 17.0 Å². The highest BCUT2D eigenvalue weighted by Crippen LogP contribution is 2.34. The van der Waals surface area contributed by atoms with Crippen molar-refractivity contribution in [2.75, 3.05) is 6.26 Å². The van der Waals surface area contributed by atoms with E-state index in [1.54, 1.807) is 30.7 Å². The van der Waals surface area contributed by atoms with E-state index in [1.807, 2.05) is 19.1 Å². The lowest BCUT2D eigenvalue weighted by molar-refractivity contribution is 0.586. The Morgan fingerprint density at radius 2 is 1.82 bits per heavy atom. The van der Waals surface area contributed by atoms with E-state index in [0.717, 1.165) is 17.4 Å². The number of nitrogens with one attached hydrogen (secondary N) is 3. The molecule has 0 radical (unpaired) electrons. The van der Waals surface area contributed by atoms with Crippen molar-refractivity contribution < 1.29 is 17.2 Å². The van der Waals surface area contributed by atoms with E-state index < -0.39 is 21.7 Å². The number of aromatic amines is 2. The predicted octanol–water partition coefficient (Wildman–Crippen LogP) is 4.87. The zero-order valence-corrected chi connectivity index (χ0v) is 21.6. The van der Waals surface area contributed by atoms with Crippen molar-refractivity contribution in [2.45, 2.75) is 13.5 Å². The van der Waals surface area contributed by atoms with Crippen LogP contribution < -0.4 is 4.72 Å². The molecule has 0 spiro atoms. The molecule has 9 nitrogen and oxygen atoms in total. The number of benzene rings is 2. The zero-order chi connectivity index (χ0) is 27.3. The van der Waals surface area contributed by atoms with Gasteiger partial charge in [-0.15, -0.1) is 0 Å². The van der Waals surface area contributed by atoms with Gasteiger partial charge < -0.3 is 4.98 Å². The van der Waals surface area contributed by atoms with E-state index in [2.05, 4.69) is 34.9 Å². The number of sulfonamides is 1. The Labute approximate surface area is 221 Å². The predicted molar refractivity (Wildman–Crippen MR) is 144 cm³/mol. The summed E-state index contributed by atoms with van der Waals surface area (Å²) >= 11 is 0. The number of hydrogen-bond donors (Lipinski definition) is 3. The molecular weight excluding hydrogens is 524 g/mol. The first kappa shape index (κ1) is 24.8. The minimum atomic E-state index is -3.45. The molecule has 196 valence electrons. The molecule has 0 aliphatic carbocycles. The van der Waals surface area contributed by atoms with Crippen LogP contribution >= 0.6 is 0 Å². The van der Waals surface area contributed by atoms with Crippen LogP contribution in [-0.4, -0.2) is 44.8 Å². The van der Waals surface area contributed by atoms with E-state index in [9.17, 15) is 12.8 Å². The molecule has 0 amide bonds. The fourth-order valence-corrected chi connectivity index (χ4v) is 5.00. The van der Waals surface area contributed by atoms with Crippen LogP contribution in [0, 0.1) is 18.6 Å². The normalized spacial score (nSPS) is 12.0. The molecule has 0 bridgehead atoms. The third-order valence-electron chi connectivity index (χ3n) is 6.40. The van der Waals surface area contributed by atoms with E-state index in [4.69, 9.17) is 0 Å². The van der Waals surface area contributed by atoms with Gasteiger partial charge in [-0.25, -0.2) is 31.9 Å². The number of hydrogen-bond acceptors (Lipinski definition) is 6. The number of aromatic nitrogens is 6. The lowest BCUT2D eigenvalue weighted by Gasteiger charge is -2.08. The van der Waals surface area contributed by atoms with E-state index >= 15 is 4.39 Å². The first-order valence-electron chi connectivity index (χ1n) is 11.8. The van der Waals surface area contributed by atoms with Gasteiger partial charge in [0, 0.05) is 41.6 Å². The fourth-order valence-electron chi connectivity index (χ4n) is 4.57. The summed E-state index contributed by atoms with van der Waals surface area (Å²) in [4.78, 5) is 16.3. The molecule has 0 aliphatic rings. The third kappa shape index (κ3) is 4.75. The van der Waals surface area contributed by atoms with Crippen LogP contribution in [0.2, 0.25) is 0 Å². The highest BCUT2D eigenvalue weighted by Gasteiger charge is 2.19.